The number of carboxylic acids is 1. The van der Waals surface area contributed by atoms with Crippen LogP contribution in [0.5, 0.6) is 0 Å². The Morgan fingerprint density at radius 1 is 1.37 bits per heavy atom. The van der Waals surface area contributed by atoms with E-state index in [9.17, 15) is 9.90 Å². The van der Waals surface area contributed by atoms with Gasteiger partial charge in [-0.05, 0) is 44.0 Å². The predicted molar refractivity (Wildman–Crippen MR) is 76.4 cm³/mol. The summed E-state index contributed by atoms with van der Waals surface area (Å²) >= 11 is 0. The molecule has 0 aliphatic heterocycles. The van der Waals surface area contributed by atoms with Crippen LogP contribution in [0, 0.1) is 6.92 Å². The SMILES string of the molecule is CCN(CC)C1(CC(=O)O)CCc2ccc(C)cc21. The Labute approximate surface area is 115 Å². The van der Waals surface area contributed by atoms with Gasteiger partial charge in [0.2, 0.25) is 0 Å². The lowest BCUT2D eigenvalue weighted by atomic mass is 9.85. The summed E-state index contributed by atoms with van der Waals surface area (Å²) in [5.74, 6) is -0.707. The smallest absolute Gasteiger partial charge is 0.305 e. The number of carboxylic acid groups (broad SMARTS) is 1. The third-order valence-corrected chi connectivity index (χ3v) is 4.39. The number of aryl methyl sites for hydroxylation is 2. The lowest BCUT2D eigenvalue weighted by Crippen LogP contribution is -2.46. The highest BCUT2D eigenvalue weighted by atomic mass is 16.4. The first-order chi connectivity index (χ1) is 9.03. The number of benzene rings is 1. The average molecular weight is 261 g/mol. The van der Waals surface area contributed by atoms with Crippen molar-refractivity contribution in [1.29, 1.82) is 0 Å². The van der Waals surface area contributed by atoms with Gasteiger partial charge in [0.15, 0.2) is 0 Å². The highest BCUT2D eigenvalue weighted by Gasteiger charge is 2.44. The molecule has 1 N–H and O–H groups in total. The second kappa shape index (κ2) is 5.33. The molecule has 19 heavy (non-hydrogen) atoms. The Morgan fingerprint density at radius 3 is 2.63 bits per heavy atom. The predicted octanol–water partition coefficient (Wildman–Crippen LogP) is 2.95. The minimum atomic E-state index is -0.707. The fourth-order valence-electron chi connectivity index (χ4n) is 3.52. The van der Waals surface area contributed by atoms with E-state index in [1.807, 2.05) is 0 Å². The molecule has 1 aliphatic carbocycles. The van der Waals surface area contributed by atoms with Gasteiger partial charge in [0.1, 0.15) is 0 Å². The van der Waals surface area contributed by atoms with Crippen molar-refractivity contribution in [3.05, 3.63) is 34.9 Å². The van der Waals surface area contributed by atoms with Crippen LogP contribution in [0.25, 0.3) is 0 Å². The molecule has 0 radical (unpaired) electrons. The van der Waals surface area contributed by atoms with Gasteiger partial charge in [0.05, 0.1) is 12.0 Å². The van der Waals surface area contributed by atoms with Crippen LogP contribution in [0.1, 0.15) is 43.4 Å². The number of rotatable bonds is 5. The van der Waals surface area contributed by atoms with E-state index in [1.165, 1.54) is 16.7 Å². The summed E-state index contributed by atoms with van der Waals surface area (Å²) in [7, 11) is 0. The van der Waals surface area contributed by atoms with Crippen LogP contribution in [0.2, 0.25) is 0 Å². The molecule has 1 atom stereocenters. The molecule has 2 rings (SSSR count). The molecular weight excluding hydrogens is 238 g/mol. The molecule has 3 heteroatoms. The van der Waals surface area contributed by atoms with Gasteiger partial charge < -0.3 is 5.11 Å². The van der Waals surface area contributed by atoms with Gasteiger partial charge >= 0.3 is 5.97 Å². The van der Waals surface area contributed by atoms with Crippen molar-refractivity contribution >= 4 is 5.97 Å². The van der Waals surface area contributed by atoms with Crippen molar-refractivity contribution in [2.75, 3.05) is 13.1 Å². The molecule has 0 saturated carbocycles. The standard InChI is InChI=1S/C16H23NO2/c1-4-17(5-2)16(11-15(18)19)9-8-13-7-6-12(3)10-14(13)16/h6-7,10H,4-5,8-9,11H2,1-3H3,(H,18,19). The first-order valence-electron chi connectivity index (χ1n) is 7.10. The van der Waals surface area contributed by atoms with E-state index in [0.29, 0.717) is 0 Å². The van der Waals surface area contributed by atoms with Crippen LogP contribution in [0.15, 0.2) is 18.2 Å². The Bertz CT molecular complexity index is 480. The minimum Gasteiger partial charge on any atom is -0.481 e. The molecule has 0 aromatic heterocycles. The highest BCUT2D eigenvalue weighted by molar-refractivity contribution is 5.69. The second-order valence-electron chi connectivity index (χ2n) is 5.43. The maximum atomic E-state index is 11.4. The van der Waals surface area contributed by atoms with Crippen LogP contribution in [-0.4, -0.2) is 29.1 Å². The zero-order chi connectivity index (χ0) is 14.0. The number of fused-ring (bicyclic) bond motifs is 1. The first kappa shape index (κ1) is 14.1. The molecule has 1 unspecified atom stereocenters. The van der Waals surface area contributed by atoms with Crippen LogP contribution in [0.3, 0.4) is 0 Å². The Balaban J connectivity index is 2.53. The maximum Gasteiger partial charge on any atom is 0.305 e. The van der Waals surface area contributed by atoms with Gasteiger partial charge in [0.25, 0.3) is 0 Å². The molecule has 1 aromatic carbocycles. The molecule has 1 aliphatic rings. The van der Waals surface area contributed by atoms with Crippen molar-refractivity contribution in [2.24, 2.45) is 0 Å². The van der Waals surface area contributed by atoms with E-state index in [2.05, 4.69) is 43.9 Å². The zero-order valence-electron chi connectivity index (χ0n) is 12.1. The number of nitrogens with zero attached hydrogens (tertiary/aromatic N) is 1. The summed E-state index contributed by atoms with van der Waals surface area (Å²) in [6.45, 7) is 8.07. The summed E-state index contributed by atoms with van der Waals surface area (Å²) in [4.78, 5) is 13.7. The van der Waals surface area contributed by atoms with Crippen LogP contribution in [0.4, 0.5) is 0 Å². The summed E-state index contributed by atoms with van der Waals surface area (Å²) < 4.78 is 0. The van der Waals surface area contributed by atoms with Gasteiger partial charge in [-0.15, -0.1) is 0 Å². The lowest BCUT2D eigenvalue weighted by Gasteiger charge is -2.40. The average Bonchev–Trinajstić information content (AvgIpc) is 2.70. The molecule has 0 amide bonds. The Kier molecular flexibility index (Phi) is 3.95. The molecule has 0 saturated heterocycles. The van der Waals surface area contributed by atoms with Gasteiger partial charge in [0, 0.05) is 0 Å². The lowest BCUT2D eigenvalue weighted by molar-refractivity contribution is -0.140. The van der Waals surface area contributed by atoms with E-state index >= 15 is 0 Å². The molecule has 0 bridgehead atoms. The molecule has 104 valence electrons. The third-order valence-electron chi connectivity index (χ3n) is 4.39. The summed E-state index contributed by atoms with van der Waals surface area (Å²) in [6.07, 6.45) is 2.10. The second-order valence-corrected chi connectivity index (χ2v) is 5.43. The zero-order valence-corrected chi connectivity index (χ0v) is 12.1. The monoisotopic (exact) mass is 261 g/mol. The summed E-state index contributed by atoms with van der Waals surface area (Å²) in [5.41, 5.74) is 3.45. The van der Waals surface area contributed by atoms with Crippen molar-refractivity contribution in [2.45, 2.75) is 45.6 Å². The van der Waals surface area contributed by atoms with E-state index in [-0.39, 0.29) is 12.0 Å². The van der Waals surface area contributed by atoms with Crippen LogP contribution >= 0.6 is 0 Å². The Hall–Kier alpha value is -1.35. The summed E-state index contributed by atoms with van der Waals surface area (Å²) in [5, 5.41) is 9.35. The van der Waals surface area contributed by atoms with Gasteiger partial charge in [-0.3, -0.25) is 9.69 Å². The number of hydrogen-bond acceptors (Lipinski definition) is 2. The van der Waals surface area contributed by atoms with Crippen LogP contribution in [-0.2, 0) is 16.8 Å². The fourth-order valence-corrected chi connectivity index (χ4v) is 3.52. The van der Waals surface area contributed by atoms with Crippen molar-refractivity contribution in [1.82, 2.24) is 4.90 Å². The van der Waals surface area contributed by atoms with Crippen molar-refractivity contribution in [3.63, 3.8) is 0 Å². The molecule has 1 aromatic rings. The highest BCUT2D eigenvalue weighted by Crippen LogP contribution is 2.44. The fraction of sp³-hybridized carbons (Fsp3) is 0.562. The molecule has 3 nitrogen and oxygen atoms in total. The normalized spacial score (nSPS) is 21.7. The van der Waals surface area contributed by atoms with E-state index in [4.69, 9.17) is 0 Å². The van der Waals surface area contributed by atoms with Crippen molar-refractivity contribution < 1.29 is 9.90 Å². The number of aliphatic carboxylic acids is 1. The number of hydrogen-bond donors (Lipinski definition) is 1. The summed E-state index contributed by atoms with van der Waals surface area (Å²) in [6, 6.07) is 6.47. The molecule has 0 heterocycles. The first-order valence-corrected chi connectivity index (χ1v) is 7.10. The quantitative estimate of drug-likeness (QED) is 0.886. The van der Waals surface area contributed by atoms with Gasteiger partial charge in [-0.2, -0.15) is 0 Å². The van der Waals surface area contributed by atoms with Gasteiger partial charge in [-0.25, -0.2) is 0 Å². The van der Waals surface area contributed by atoms with E-state index < -0.39 is 5.97 Å². The minimum absolute atomic E-state index is 0.200. The van der Waals surface area contributed by atoms with E-state index in [1.54, 1.807) is 0 Å². The van der Waals surface area contributed by atoms with Crippen molar-refractivity contribution in [3.8, 4) is 0 Å². The molecule has 0 fully saturated rings. The van der Waals surface area contributed by atoms with E-state index in [0.717, 1.165) is 25.9 Å². The Morgan fingerprint density at radius 2 is 2.05 bits per heavy atom. The van der Waals surface area contributed by atoms with Gasteiger partial charge in [-0.1, -0.05) is 37.6 Å². The molecular formula is C16H23NO2. The maximum absolute atomic E-state index is 11.4. The van der Waals surface area contributed by atoms with Crippen LogP contribution < -0.4 is 0 Å². The number of carbonyl (C=O) groups is 1. The molecule has 0 spiro atoms. The largest absolute Gasteiger partial charge is 0.481 e. The topological polar surface area (TPSA) is 40.5 Å². The third kappa shape index (κ3) is 2.39.